The predicted molar refractivity (Wildman–Crippen MR) is 62.6 cm³/mol. The van der Waals surface area contributed by atoms with Crippen LogP contribution in [0.1, 0.15) is 17.2 Å². The first-order valence-corrected chi connectivity index (χ1v) is 5.57. The van der Waals surface area contributed by atoms with Crippen molar-refractivity contribution in [1.29, 1.82) is 0 Å². The summed E-state index contributed by atoms with van der Waals surface area (Å²) in [4.78, 5) is 0. The molecule has 1 aromatic carbocycles. The fraction of sp³-hybridized carbons (Fsp3) is 0.333. The average Bonchev–Trinajstić information content (AvgIpc) is 2.64. The van der Waals surface area contributed by atoms with Crippen LogP contribution >= 0.6 is 0 Å². The van der Waals surface area contributed by atoms with Crippen molar-refractivity contribution in [3.05, 3.63) is 47.0 Å². The molecule has 0 saturated carbocycles. The first kappa shape index (κ1) is 12.6. The molecule has 0 aliphatic carbocycles. The van der Waals surface area contributed by atoms with E-state index in [4.69, 9.17) is 0 Å². The number of benzene rings is 1. The third-order valence-corrected chi connectivity index (χ3v) is 2.80. The van der Waals surface area contributed by atoms with Gasteiger partial charge in [-0.05, 0) is 13.0 Å². The molecule has 1 aromatic heterocycles. The van der Waals surface area contributed by atoms with Gasteiger partial charge >= 0.3 is 0 Å². The van der Waals surface area contributed by atoms with E-state index in [-0.39, 0.29) is 0 Å². The van der Waals surface area contributed by atoms with Crippen molar-refractivity contribution in [2.24, 2.45) is 7.05 Å². The van der Waals surface area contributed by atoms with Crippen LogP contribution in [-0.4, -0.2) is 14.8 Å². The minimum atomic E-state index is -0.569. The zero-order chi connectivity index (χ0) is 13.1. The number of nitrogens with one attached hydrogen (secondary N) is 1. The number of rotatable bonds is 4. The summed E-state index contributed by atoms with van der Waals surface area (Å²) in [5, 5.41) is 10.9. The summed E-state index contributed by atoms with van der Waals surface area (Å²) in [5.74, 6) is 0.478. The zero-order valence-electron chi connectivity index (χ0n) is 10.2. The highest BCUT2D eigenvalue weighted by atomic mass is 19.1. The van der Waals surface area contributed by atoms with E-state index in [9.17, 15) is 8.78 Å². The molecule has 2 aromatic rings. The Hall–Kier alpha value is -1.82. The van der Waals surface area contributed by atoms with Crippen molar-refractivity contribution in [3.63, 3.8) is 0 Å². The van der Waals surface area contributed by atoms with Crippen LogP contribution in [0, 0.1) is 18.6 Å². The smallest absolute Gasteiger partial charge is 0.146 e. The molecular formula is C12H14F2N4. The fourth-order valence-corrected chi connectivity index (χ4v) is 1.58. The lowest BCUT2D eigenvalue weighted by Gasteiger charge is -2.06. The Morgan fingerprint density at radius 3 is 2.61 bits per heavy atom. The molecule has 0 aliphatic heterocycles. The van der Waals surface area contributed by atoms with Gasteiger partial charge in [-0.15, -0.1) is 10.2 Å². The fourth-order valence-electron chi connectivity index (χ4n) is 1.58. The van der Waals surface area contributed by atoms with E-state index in [2.05, 4.69) is 15.5 Å². The topological polar surface area (TPSA) is 42.7 Å². The summed E-state index contributed by atoms with van der Waals surface area (Å²) >= 11 is 0. The quantitative estimate of drug-likeness (QED) is 0.900. The lowest BCUT2D eigenvalue weighted by Crippen LogP contribution is -2.16. The van der Waals surface area contributed by atoms with Crippen LogP contribution in [0.3, 0.4) is 0 Å². The Labute approximate surface area is 104 Å². The molecule has 4 nitrogen and oxygen atoms in total. The van der Waals surface area contributed by atoms with Crippen LogP contribution in [0.4, 0.5) is 8.78 Å². The second-order valence-corrected chi connectivity index (χ2v) is 4.06. The maximum atomic E-state index is 13.3. The Kier molecular flexibility index (Phi) is 3.66. The van der Waals surface area contributed by atoms with Gasteiger partial charge < -0.3 is 9.88 Å². The number of aromatic nitrogens is 3. The number of nitrogens with zero attached hydrogens (tertiary/aromatic N) is 3. The van der Waals surface area contributed by atoms with E-state index >= 15 is 0 Å². The molecule has 96 valence electrons. The molecule has 18 heavy (non-hydrogen) atoms. The van der Waals surface area contributed by atoms with E-state index in [1.165, 1.54) is 12.1 Å². The Morgan fingerprint density at radius 1 is 1.22 bits per heavy atom. The Bertz CT molecular complexity index is 551. The summed E-state index contributed by atoms with van der Waals surface area (Å²) < 4.78 is 27.9. The first-order valence-electron chi connectivity index (χ1n) is 5.57. The minimum absolute atomic E-state index is 0.317. The van der Waals surface area contributed by atoms with Gasteiger partial charge in [0.25, 0.3) is 0 Å². The van der Waals surface area contributed by atoms with Crippen molar-refractivity contribution in [2.45, 2.75) is 20.0 Å². The van der Waals surface area contributed by atoms with Crippen LogP contribution in [0.2, 0.25) is 0 Å². The molecule has 1 N–H and O–H groups in total. The second-order valence-electron chi connectivity index (χ2n) is 4.06. The maximum Gasteiger partial charge on any atom is 0.146 e. The molecular weight excluding hydrogens is 238 g/mol. The maximum absolute atomic E-state index is 13.3. The lowest BCUT2D eigenvalue weighted by atomic mass is 10.2. The van der Waals surface area contributed by atoms with Gasteiger partial charge in [0.05, 0.1) is 6.54 Å². The molecule has 0 atom stereocenters. The van der Waals surface area contributed by atoms with Gasteiger partial charge in [0, 0.05) is 25.2 Å². The van der Waals surface area contributed by atoms with Crippen molar-refractivity contribution in [3.8, 4) is 0 Å². The predicted octanol–water partition coefficient (Wildman–Crippen LogP) is 1.69. The summed E-state index contributed by atoms with van der Waals surface area (Å²) in [6.45, 7) is 2.66. The van der Waals surface area contributed by atoms with Gasteiger partial charge in [-0.1, -0.05) is 6.07 Å². The largest absolute Gasteiger partial charge is 0.317 e. The molecule has 2 rings (SSSR count). The van der Waals surface area contributed by atoms with E-state index in [1.54, 1.807) is 0 Å². The van der Waals surface area contributed by atoms with Crippen LogP contribution in [-0.2, 0) is 20.1 Å². The minimum Gasteiger partial charge on any atom is -0.317 e. The van der Waals surface area contributed by atoms with Gasteiger partial charge in [-0.25, -0.2) is 8.78 Å². The van der Waals surface area contributed by atoms with E-state index < -0.39 is 11.6 Å². The summed E-state index contributed by atoms with van der Waals surface area (Å²) in [5.41, 5.74) is 0.426. The highest BCUT2D eigenvalue weighted by Crippen LogP contribution is 2.09. The van der Waals surface area contributed by atoms with E-state index in [0.29, 0.717) is 18.7 Å². The molecule has 0 aliphatic rings. The third-order valence-electron chi connectivity index (χ3n) is 2.80. The number of aryl methyl sites for hydroxylation is 1. The van der Waals surface area contributed by atoms with Gasteiger partial charge in [0.1, 0.15) is 23.3 Å². The van der Waals surface area contributed by atoms with Crippen LogP contribution in [0.15, 0.2) is 18.2 Å². The lowest BCUT2D eigenvalue weighted by molar-refractivity contribution is 0.555. The number of hydrogen-bond acceptors (Lipinski definition) is 3. The molecule has 0 fully saturated rings. The molecule has 6 heteroatoms. The van der Waals surface area contributed by atoms with Crippen LogP contribution in [0.5, 0.6) is 0 Å². The first-order chi connectivity index (χ1) is 8.58. The monoisotopic (exact) mass is 252 g/mol. The van der Waals surface area contributed by atoms with Crippen LogP contribution < -0.4 is 5.32 Å². The SMILES string of the molecule is Cc1nnc(CNCc2ccc(F)cc2F)n1C. The van der Waals surface area contributed by atoms with Crippen molar-refractivity contribution in [2.75, 3.05) is 0 Å². The summed E-state index contributed by atoms with van der Waals surface area (Å²) in [7, 11) is 1.87. The third kappa shape index (κ3) is 2.70. The number of halogens is 2. The van der Waals surface area contributed by atoms with Crippen molar-refractivity contribution in [1.82, 2.24) is 20.1 Å². The highest BCUT2D eigenvalue weighted by Gasteiger charge is 2.06. The molecule has 0 unspecified atom stereocenters. The molecule has 0 radical (unpaired) electrons. The molecule has 0 amide bonds. The molecule has 1 heterocycles. The standard InChI is InChI=1S/C12H14F2N4/c1-8-16-17-12(18(8)2)7-15-6-9-3-4-10(13)5-11(9)14/h3-5,15H,6-7H2,1-2H3. The highest BCUT2D eigenvalue weighted by molar-refractivity contribution is 5.18. The van der Waals surface area contributed by atoms with Gasteiger partial charge in [-0.3, -0.25) is 0 Å². The Balaban J connectivity index is 1.94. The van der Waals surface area contributed by atoms with E-state index in [0.717, 1.165) is 17.7 Å². The van der Waals surface area contributed by atoms with Gasteiger partial charge in [-0.2, -0.15) is 0 Å². The normalized spacial score (nSPS) is 10.9. The Morgan fingerprint density at radius 2 is 2.00 bits per heavy atom. The number of hydrogen-bond donors (Lipinski definition) is 1. The summed E-state index contributed by atoms with van der Waals surface area (Å²) in [6.07, 6.45) is 0. The average molecular weight is 252 g/mol. The van der Waals surface area contributed by atoms with Crippen molar-refractivity contribution < 1.29 is 8.78 Å². The van der Waals surface area contributed by atoms with E-state index in [1.807, 2.05) is 18.5 Å². The van der Waals surface area contributed by atoms with Crippen molar-refractivity contribution >= 4 is 0 Å². The molecule has 0 bridgehead atoms. The summed E-state index contributed by atoms with van der Waals surface area (Å²) in [6, 6.07) is 3.55. The zero-order valence-corrected chi connectivity index (χ0v) is 10.2. The van der Waals surface area contributed by atoms with Gasteiger partial charge in [0.2, 0.25) is 0 Å². The van der Waals surface area contributed by atoms with Crippen LogP contribution in [0.25, 0.3) is 0 Å². The molecule has 0 spiro atoms. The van der Waals surface area contributed by atoms with Gasteiger partial charge in [0.15, 0.2) is 0 Å². The second kappa shape index (κ2) is 5.22. The molecule has 0 saturated heterocycles.